The maximum absolute atomic E-state index is 11.6. The van der Waals surface area contributed by atoms with Crippen LogP contribution in [0.5, 0.6) is 5.75 Å². The number of carbonyl (C=O) groups is 1. The van der Waals surface area contributed by atoms with Gasteiger partial charge in [0, 0.05) is 30.1 Å². The molecule has 0 aliphatic rings. The molecule has 1 aromatic heterocycles. The number of halogens is 1. The molecular weight excluding hydrogens is 340 g/mol. The van der Waals surface area contributed by atoms with Crippen molar-refractivity contribution < 1.29 is 14.6 Å². The highest BCUT2D eigenvalue weighted by Gasteiger charge is 2.19. The fourth-order valence-corrected chi connectivity index (χ4v) is 3.11. The topological polar surface area (TPSA) is 74.3 Å². The molecule has 25 heavy (non-hydrogen) atoms. The van der Waals surface area contributed by atoms with E-state index in [-0.39, 0.29) is 0 Å². The van der Waals surface area contributed by atoms with Crippen LogP contribution in [0.1, 0.15) is 11.1 Å². The number of ether oxygens (including phenoxy) is 1. The quantitative estimate of drug-likeness (QED) is 0.603. The Morgan fingerprint density at radius 1 is 1.32 bits per heavy atom. The Morgan fingerprint density at radius 3 is 2.84 bits per heavy atom. The van der Waals surface area contributed by atoms with Crippen molar-refractivity contribution in [1.82, 2.24) is 10.3 Å². The molecule has 2 aromatic carbocycles. The summed E-state index contributed by atoms with van der Waals surface area (Å²) in [6.45, 7) is 0.406. The predicted molar refractivity (Wildman–Crippen MR) is 98.3 cm³/mol. The molecule has 0 amide bonds. The van der Waals surface area contributed by atoms with Gasteiger partial charge in [-0.1, -0.05) is 35.9 Å². The minimum Gasteiger partial charge on any atom is -0.495 e. The SMILES string of the molecule is COc1ccc(CN[C@@H](Cc2c[nH]c3ccccc23)C(=O)O)cc1Cl. The summed E-state index contributed by atoms with van der Waals surface area (Å²) in [6, 6.07) is 12.6. The average molecular weight is 359 g/mol. The number of para-hydroxylation sites is 1. The molecule has 0 bridgehead atoms. The molecule has 6 heteroatoms. The molecule has 0 unspecified atom stereocenters. The second-order valence-electron chi connectivity index (χ2n) is 5.80. The van der Waals surface area contributed by atoms with Crippen LogP contribution < -0.4 is 10.1 Å². The molecule has 0 fully saturated rings. The van der Waals surface area contributed by atoms with Crippen LogP contribution in [0.15, 0.2) is 48.7 Å². The molecule has 5 nitrogen and oxygen atoms in total. The van der Waals surface area contributed by atoms with E-state index in [1.165, 1.54) is 0 Å². The van der Waals surface area contributed by atoms with Crippen molar-refractivity contribution in [1.29, 1.82) is 0 Å². The van der Waals surface area contributed by atoms with Crippen LogP contribution in [-0.2, 0) is 17.8 Å². The first-order chi connectivity index (χ1) is 12.1. The molecule has 0 spiro atoms. The van der Waals surface area contributed by atoms with E-state index in [0.29, 0.717) is 23.7 Å². The van der Waals surface area contributed by atoms with Crippen molar-refractivity contribution in [3.05, 3.63) is 64.8 Å². The fraction of sp³-hybridized carbons (Fsp3) is 0.211. The summed E-state index contributed by atoms with van der Waals surface area (Å²) in [7, 11) is 1.56. The Bertz CT molecular complexity index is 891. The van der Waals surface area contributed by atoms with E-state index in [1.54, 1.807) is 19.2 Å². The highest BCUT2D eigenvalue weighted by molar-refractivity contribution is 6.32. The Morgan fingerprint density at radius 2 is 2.12 bits per heavy atom. The molecule has 1 heterocycles. The summed E-state index contributed by atoms with van der Waals surface area (Å²) >= 11 is 6.11. The summed E-state index contributed by atoms with van der Waals surface area (Å²) in [5, 5.41) is 14.2. The number of hydrogen-bond acceptors (Lipinski definition) is 3. The summed E-state index contributed by atoms with van der Waals surface area (Å²) < 4.78 is 5.12. The van der Waals surface area contributed by atoms with Gasteiger partial charge in [-0.2, -0.15) is 0 Å². The molecule has 3 N–H and O–H groups in total. The maximum atomic E-state index is 11.6. The van der Waals surface area contributed by atoms with Gasteiger partial charge in [-0.15, -0.1) is 0 Å². The zero-order valence-corrected chi connectivity index (χ0v) is 14.5. The summed E-state index contributed by atoms with van der Waals surface area (Å²) in [5.41, 5.74) is 2.88. The number of carboxylic acid groups (broad SMARTS) is 1. The molecule has 0 radical (unpaired) electrons. The largest absolute Gasteiger partial charge is 0.495 e. The first-order valence-corrected chi connectivity index (χ1v) is 8.30. The molecule has 0 aliphatic carbocycles. The number of benzene rings is 2. The van der Waals surface area contributed by atoms with Gasteiger partial charge in [0.25, 0.3) is 0 Å². The smallest absolute Gasteiger partial charge is 0.321 e. The monoisotopic (exact) mass is 358 g/mol. The van der Waals surface area contributed by atoms with Gasteiger partial charge < -0.3 is 20.1 Å². The first-order valence-electron chi connectivity index (χ1n) is 7.92. The van der Waals surface area contributed by atoms with Gasteiger partial charge in [-0.25, -0.2) is 0 Å². The lowest BCUT2D eigenvalue weighted by Gasteiger charge is -2.15. The van der Waals surface area contributed by atoms with E-state index in [1.807, 2.05) is 36.5 Å². The summed E-state index contributed by atoms with van der Waals surface area (Å²) in [6.07, 6.45) is 2.26. The van der Waals surface area contributed by atoms with Crippen molar-refractivity contribution in [2.24, 2.45) is 0 Å². The minimum absolute atomic E-state index is 0.392. The van der Waals surface area contributed by atoms with Gasteiger partial charge in [-0.05, 0) is 29.3 Å². The van der Waals surface area contributed by atoms with Crippen molar-refractivity contribution in [3.8, 4) is 5.75 Å². The molecular formula is C19H19ClN2O3. The normalized spacial score (nSPS) is 12.2. The third-order valence-corrected chi connectivity index (χ3v) is 4.46. The highest BCUT2D eigenvalue weighted by Crippen LogP contribution is 2.25. The highest BCUT2D eigenvalue weighted by atomic mass is 35.5. The van der Waals surface area contributed by atoms with Gasteiger partial charge in [0.05, 0.1) is 12.1 Å². The Balaban J connectivity index is 1.71. The minimum atomic E-state index is -0.884. The standard InChI is InChI=1S/C19H19ClN2O3/c1-25-18-7-6-12(8-15(18)20)10-21-17(19(23)24)9-13-11-22-16-5-3-2-4-14(13)16/h2-8,11,17,21-22H,9-10H2,1H3,(H,23,24)/t17-/m0/s1. The van der Waals surface area contributed by atoms with Gasteiger partial charge >= 0.3 is 5.97 Å². The maximum Gasteiger partial charge on any atom is 0.321 e. The van der Waals surface area contributed by atoms with E-state index < -0.39 is 12.0 Å². The second-order valence-corrected chi connectivity index (χ2v) is 6.21. The lowest BCUT2D eigenvalue weighted by Crippen LogP contribution is -2.38. The zero-order chi connectivity index (χ0) is 17.8. The third kappa shape index (κ3) is 3.95. The third-order valence-electron chi connectivity index (χ3n) is 4.17. The predicted octanol–water partition coefficient (Wildman–Crippen LogP) is 3.62. The molecule has 0 aliphatic heterocycles. The Hall–Kier alpha value is -2.50. The van der Waals surface area contributed by atoms with Crippen LogP contribution in [0, 0.1) is 0 Å². The number of carboxylic acids is 1. The van der Waals surface area contributed by atoms with E-state index >= 15 is 0 Å². The molecule has 3 rings (SSSR count). The molecule has 1 atom stereocenters. The van der Waals surface area contributed by atoms with Crippen LogP contribution in [0.2, 0.25) is 5.02 Å². The van der Waals surface area contributed by atoms with Crippen LogP contribution in [0.4, 0.5) is 0 Å². The summed E-state index contributed by atoms with van der Waals surface area (Å²) in [5.74, 6) is -0.288. The van der Waals surface area contributed by atoms with Crippen LogP contribution >= 0.6 is 11.6 Å². The van der Waals surface area contributed by atoms with E-state index in [0.717, 1.165) is 22.0 Å². The lowest BCUT2D eigenvalue weighted by atomic mass is 10.0. The van der Waals surface area contributed by atoms with Gasteiger partial charge in [-0.3, -0.25) is 4.79 Å². The average Bonchev–Trinajstić information content (AvgIpc) is 3.01. The van der Waals surface area contributed by atoms with Crippen molar-refractivity contribution in [2.75, 3.05) is 7.11 Å². The van der Waals surface area contributed by atoms with E-state index in [4.69, 9.17) is 16.3 Å². The number of H-pyrrole nitrogens is 1. The van der Waals surface area contributed by atoms with Crippen molar-refractivity contribution in [2.45, 2.75) is 19.0 Å². The number of fused-ring (bicyclic) bond motifs is 1. The molecule has 0 saturated carbocycles. The summed E-state index contributed by atoms with van der Waals surface area (Å²) in [4.78, 5) is 14.8. The number of aromatic amines is 1. The Kier molecular flexibility index (Phi) is 5.26. The van der Waals surface area contributed by atoms with Crippen molar-refractivity contribution in [3.63, 3.8) is 0 Å². The van der Waals surface area contributed by atoms with Gasteiger partial charge in [0.2, 0.25) is 0 Å². The van der Waals surface area contributed by atoms with Gasteiger partial charge in [0.1, 0.15) is 11.8 Å². The number of rotatable bonds is 7. The van der Waals surface area contributed by atoms with E-state index in [2.05, 4.69) is 10.3 Å². The number of aromatic nitrogens is 1. The van der Waals surface area contributed by atoms with E-state index in [9.17, 15) is 9.90 Å². The fourth-order valence-electron chi connectivity index (χ4n) is 2.83. The van der Waals surface area contributed by atoms with Crippen LogP contribution in [-0.4, -0.2) is 29.2 Å². The zero-order valence-electron chi connectivity index (χ0n) is 13.8. The lowest BCUT2D eigenvalue weighted by molar-refractivity contribution is -0.139. The number of hydrogen-bond donors (Lipinski definition) is 3. The number of methoxy groups -OCH3 is 1. The second kappa shape index (κ2) is 7.59. The van der Waals surface area contributed by atoms with Gasteiger partial charge in [0.15, 0.2) is 0 Å². The van der Waals surface area contributed by atoms with Crippen molar-refractivity contribution >= 4 is 28.5 Å². The molecule has 3 aromatic rings. The van der Waals surface area contributed by atoms with Crippen LogP contribution in [0.25, 0.3) is 10.9 Å². The Labute approximate surface area is 150 Å². The number of nitrogens with one attached hydrogen (secondary N) is 2. The molecule has 0 saturated heterocycles. The van der Waals surface area contributed by atoms with Crippen LogP contribution in [0.3, 0.4) is 0 Å². The molecule has 130 valence electrons. The number of aliphatic carboxylic acids is 1. The first kappa shape index (κ1) is 17.3.